The Hall–Kier alpha value is 0.690. The van der Waals surface area contributed by atoms with Gasteiger partial charge in [0, 0.05) is 12.7 Å². The van der Waals surface area contributed by atoms with Crippen LogP contribution in [0, 0.1) is 0 Å². The summed E-state index contributed by atoms with van der Waals surface area (Å²) in [5.41, 5.74) is 0. The van der Waals surface area contributed by atoms with Gasteiger partial charge in [-0.3, -0.25) is 4.79 Å². The number of carbonyl (C=O) groups excluding carboxylic acids is 1. The summed E-state index contributed by atoms with van der Waals surface area (Å²) < 4.78 is 0. The normalized spacial score (nSPS) is 8.71. The topological polar surface area (TPSA) is 66.4 Å². The summed E-state index contributed by atoms with van der Waals surface area (Å²) in [6, 6.07) is -0.874. The molecule has 0 aliphatic heterocycles. The molecule has 90 valence electrons. The lowest BCUT2D eigenvalue weighted by atomic mass is 10.3. The van der Waals surface area contributed by atoms with E-state index in [0.717, 1.165) is 0 Å². The number of amides is 1. The van der Waals surface area contributed by atoms with E-state index in [1.807, 2.05) is 0 Å². The average Bonchev–Trinajstić information content (AvgIpc) is 1.81. The van der Waals surface area contributed by atoms with Crippen molar-refractivity contribution in [2.24, 2.45) is 0 Å². The minimum Gasteiger partial charge on any atom is -0.480 e. The second-order valence-electron chi connectivity index (χ2n) is 1.77. The van der Waals surface area contributed by atoms with Crippen LogP contribution in [0.2, 0.25) is 0 Å². The number of hydrogen-bond acceptors (Lipinski definition) is 3. The van der Waals surface area contributed by atoms with E-state index in [0.29, 0.717) is 0 Å². The molecule has 0 spiro atoms. The molecule has 9 heteroatoms. The van der Waals surface area contributed by atoms with Crippen LogP contribution in [0.3, 0.4) is 0 Å². The first-order valence-electron chi connectivity index (χ1n) is 2.68. The fourth-order valence-corrected chi connectivity index (χ4v) is 0.678. The maximum absolute atomic E-state index is 10.3. The largest absolute Gasteiger partial charge is 0.480 e. The van der Waals surface area contributed by atoms with Crippen LogP contribution < -0.4 is 5.32 Å². The van der Waals surface area contributed by atoms with Gasteiger partial charge in [0.05, 0.1) is 0 Å². The van der Waals surface area contributed by atoms with Crippen molar-refractivity contribution < 1.29 is 14.7 Å². The van der Waals surface area contributed by atoms with E-state index in [4.69, 9.17) is 5.11 Å². The summed E-state index contributed by atoms with van der Waals surface area (Å²) in [6.45, 7) is 1.26. The summed E-state index contributed by atoms with van der Waals surface area (Å²) in [6.07, 6.45) is 0. The van der Waals surface area contributed by atoms with Crippen LogP contribution in [-0.4, -0.2) is 28.8 Å². The Kier molecular flexibility index (Phi) is 33.8. The number of aliphatic carboxylic acids is 1. The summed E-state index contributed by atoms with van der Waals surface area (Å²) in [5.74, 6) is -1.32. The molecule has 0 heterocycles. The van der Waals surface area contributed by atoms with E-state index in [2.05, 4.69) is 17.9 Å². The summed E-state index contributed by atoms with van der Waals surface area (Å²) in [4.78, 5) is 20.5. The van der Waals surface area contributed by atoms with E-state index >= 15 is 0 Å². The second kappa shape index (κ2) is 16.1. The number of thiol groups is 1. The molecule has 1 amide bonds. The van der Waals surface area contributed by atoms with Crippen molar-refractivity contribution in [3.63, 3.8) is 0 Å². The van der Waals surface area contributed by atoms with Gasteiger partial charge in [-0.05, 0) is 0 Å². The molecule has 0 aromatic heterocycles. The number of carboxylic acids is 1. The van der Waals surface area contributed by atoms with Crippen LogP contribution in [0.15, 0.2) is 0 Å². The first kappa shape index (κ1) is 29.3. The zero-order valence-electron chi connectivity index (χ0n) is 7.50. The monoisotopic (exact) mass is 299 g/mol. The van der Waals surface area contributed by atoms with Crippen LogP contribution in [0.5, 0.6) is 0 Å². The predicted octanol–water partition coefficient (Wildman–Crippen LogP) is -0.0433. The number of carbonyl (C=O) groups is 2. The highest BCUT2D eigenvalue weighted by Gasteiger charge is 2.14. The van der Waals surface area contributed by atoms with Crippen molar-refractivity contribution in [1.29, 1.82) is 0 Å². The minimum absolute atomic E-state index is 0. The molecular formula is C5H17NO3S5. The summed E-state index contributed by atoms with van der Waals surface area (Å²) in [7, 11) is 0. The fourth-order valence-electron chi connectivity index (χ4n) is 0.431. The molecule has 4 nitrogen and oxygen atoms in total. The Labute approximate surface area is 117 Å². The Morgan fingerprint density at radius 2 is 1.64 bits per heavy atom. The second-order valence-corrected chi connectivity index (χ2v) is 2.14. The smallest absolute Gasteiger partial charge is 0.327 e. The molecule has 0 aliphatic carbocycles. The molecule has 0 fully saturated rings. The molecule has 0 radical (unpaired) electrons. The van der Waals surface area contributed by atoms with E-state index in [1.54, 1.807) is 0 Å². The molecule has 0 bridgehead atoms. The fraction of sp³-hybridized carbons (Fsp3) is 0.600. The number of nitrogens with one attached hydrogen (secondary N) is 1. The van der Waals surface area contributed by atoms with Crippen molar-refractivity contribution in [2.75, 3.05) is 5.75 Å². The Morgan fingerprint density at radius 1 is 1.29 bits per heavy atom. The highest BCUT2D eigenvalue weighted by atomic mass is 32.1. The van der Waals surface area contributed by atoms with Gasteiger partial charge in [-0.15, -0.1) is 0 Å². The van der Waals surface area contributed by atoms with Gasteiger partial charge in [0.2, 0.25) is 5.91 Å². The van der Waals surface area contributed by atoms with Crippen LogP contribution in [0.4, 0.5) is 0 Å². The molecule has 0 unspecified atom stereocenters. The van der Waals surface area contributed by atoms with Gasteiger partial charge in [-0.1, -0.05) is 0 Å². The minimum atomic E-state index is -1.06. The third-order valence-electron chi connectivity index (χ3n) is 0.858. The number of rotatable bonds is 3. The molecule has 0 saturated heterocycles. The van der Waals surface area contributed by atoms with Crippen LogP contribution >= 0.6 is 66.6 Å². The van der Waals surface area contributed by atoms with E-state index < -0.39 is 12.0 Å². The zero-order valence-corrected chi connectivity index (χ0v) is 12.4. The molecule has 1 atom stereocenters. The van der Waals surface area contributed by atoms with Crippen molar-refractivity contribution in [2.45, 2.75) is 13.0 Å². The van der Waals surface area contributed by atoms with Crippen molar-refractivity contribution in [1.82, 2.24) is 5.32 Å². The predicted molar refractivity (Wildman–Crippen MR) is 80.6 cm³/mol. The van der Waals surface area contributed by atoms with Crippen molar-refractivity contribution >= 4 is 78.5 Å². The zero-order chi connectivity index (χ0) is 8.15. The molecule has 14 heavy (non-hydrogen) atoms. The Bertz CT molecular complexity index is 156. The highest BCUT2D eigenvalue weighted by Crippen LogP contribution is 1.86. The molecule has 2 N–H and O–H groups in total. The third kappa shape index (κ3) is 15.2. The van der Waals surface area contributed by atoms with E-state index in [1.165, 1.54) is 6.92 Å². The van der Waals surface area contributed by atoms with E-state index in [-0.39, 0.29) is 65.6 Å². The lowest BCUT2D eigenvalue weighted by molar-refractivity contribution is -0.140. The van der Waals surface area contributed by atoms with E-state index in [9.17, 15) is 9.59 Å². The van der Waals surface area contributed by atoms with Crippen molar-refractivity contribution in [3.05, 3.63) is 0 Å². The Balaban J connectivity index is -0.0000000675. The van der Waals surface area contributed by atoms with Crippen LogP contribution in [0.1, 0.15) is 6.92 Å². The standard InChI is InChI=1S/C5H9NO3S.4H2S/c1-3(7)6-4(2-10)5(8)9;;;;/h4,10H,2H2,1H3,(H,6,7)(H,8,9);4*1H2/t4-;;;;/m0..../s1. The summed E-state index contributed by atoms with van der Waals surface area (Å²) in [5, 5.41) is 10.6. The van der Waals surface area contributed by atoms with Gasteiger partial charge in [-0.25, -0.2) is 4.79 Å². The lowest BCUT2D eigenvalue weighted by Crippen LogP contribution is -2.40. The first-order valence-corrected chi connectivity index (χ1v) is 3.32. The van der Waals surface area contributed by atoms with Crippen LogP contribution in [-0.2, 0) is 9.59 Å². The maximum Gasteiger partial charge on any atom is 0.327 e. The quantitative estimate of drug-likeness (QED) is 0.641. The Morgan fingerprint density at radius 3 is 1.71 bits per heavy atom. The van der Waals surface area contributed by atoms with Gasteiger partial charge in [-0.2, -0.15) is 66.6 Å². The van der Waals surface area contributed by atoms with Gasteiger partial charge in [0.1, 0.15) is 6.04 Å². The average molecular weight is 300 g/mol. The SMILES string of the molecule is CC(=O)N[C@@H](CS)C(=O)O.S.S.S.S. The summed E-state index contributed by atoms with van der Waals surface area (Å²) >= 11 is 3.73. The third-order valence-corrected chi connectivity index (χ3v) is 1.22. The number of carboxylic acid groups (broad SMARTS) is 1. The van der Waals surface area contributed by atoms with Gasteiger partial charge >= 0.3 is 5.97 Å². The first-order chi connectivity index (χ1) is 4.57. The molecule has 0 rings (SSSR count). The maximum atomic E-state index is 10.3. The highest BCUT2D eigenvalue weighted by molar-refractivity contribution is 7.80. The number of hydrogen-bond donors (Lipinski definition) is 3. The lowest BCUT2D eigenvalue weighted by Gasteiger charge is -2.08. The molecule has 0 aromatic rings. The molecular weight excluding hydrogens is 282 g/mol. The molecule has 0 aromatic carbocycles. The molecule has 0 aliphatic rings. The van der Waals surface area contributed by atoms with Crippen molar-refractivity contribution in [3.8, 4) is 0 Å². The van der Waals surface area contributed by atoms with Gasteiger partial charge < -0.3 is 10.4 Å². The van der Waals surface area contributed by atoms with Gasteiger partial charge in [0.25, 0.3) is 0 Å². The van der Waals surface area contributed by atoms with Crippen LogP contribution in [0.25, 0.3) is 0 Å². The van der Waals surface area contributed by atoms with Gasteiger partial charge in [0.15, 0.2) is 0 Å². The molecule has 0 saturated carbocycles.